The molecule has 3 heterocycles. The van der Waals surface area contributed by atoms with Crippen LogP contribution in [0.2, 0.25) is 0 Å². The third-order valence-corrected chi connectivity index (χ3v) is 4.63. The maximum atomic E-state index is 12.3. The molecule has 2 aromatic heterocycles. The zero-order chi connectivity index (χ0) is 16.6. The Kier molecular flexibility index (Phi) is 4.21. The number of hydrogen-bond donors (Lipinski definition) is 1. The first kappa shape index (κ1) is 15.7. The molecule has 0 radical (unpaired) electrons. The zero-order valence-corrected chi connectivity index (χ0v) is 14.2. The molecular formula is C16H24N6O. The van der Waals surface area contributed by atoms with Crippen LogP contribution in [0, 0.1) is 6.92 Å². The fourth-order valence-electron chi connectivity index (χ4n) is 3.24. The fourth-order valence-corrected chi connectivity index (χ4v) is 3.24. The number of nitrogens with zero attached hydrogens (tertiary/aromatic N) is 5. The van der Waals surface area contributed by atoms with Gasteiger partial charge in [0, 0.05) is 40.2 Å². The molecule has 1 saturated heterocycles. The number of carbonyl (C=O) groups is 1. The maximum absolute atomic E-state index is 12.3. The first-order valence-electron chi connectivity index (χ1n) is 7.92. The van der Waals surface area contributed by atoms with E-state index in [4.69, 9.17) is 0 Å². The summed E-state index contributed by atoms with van der Waals surface area (Å²) in [6, 6.07) is 0. The summed E-state index contributed by atoms with van der Waals surface area (Å²) < 4.78 is 1.94. The Balaban J connectivity index is 1.71. The minimum atomic E-state index is 0.00896. The molecule has 1 atom stereocenters. The number of nitrogens with one attached hydrogen (secondary N) is 1. The average molecular weight is 316 g/mol. The standard InChI is InChI=1S/C16H24N6O/c1-11-7-18-21(4)14(11)10-22-6-5-12(9-22)15-13(8-17-19-15)16(23)20(2)3/h7-8,12H,5-6,9-10H2,1-4H3,(H,17,19). The minimum absolute atomic E-state index is 0.00896. The number of H-pyrrole nitrogens is 1. The SMILES string of the molecule is Cc1cnn(C)c1CN1CCC(c2[nH]ncc2C(=O)N(C)C)C1. The van der Waals surface area contributed by atoms with Gasteiger partial charge in [0.15, 0.2) is 0 Å². The molecule has 2 aromatic rings. The zero-order valence-electron chi connectivity index (χ0n) is 14.2. The van der Waals surface area contributed by atoms with E-state index in [0.717, 1.165) is 31.7 Å². The third kappa shape index (κ3) is 3.01. The molecule has 0 saturated carbocycles. The van der Waals surface area contributed by atoms with E-state index >= 15 is 0 Å². The van der Waals surface area contributed by atoms with Crippen LogP contribution < -0.4 is 0 Å². The number of aromatic amines is 1. The largest absolute Gasteiger partial charge is 0.345 e. The number of amides is 1. The lowest BCUT2D eigenvalue weighted by Crippen LogP contribution is -2.24. The van der Waals surface area contributed by atoms with E-state index in [1.807, 2.05) is 17.9 Å². The summed E-state index contributed by atoms with van der Waals surface area (Å²) >= 11 is 0. The molecule has 3 rings (SSSR count). The van der Waals surface area contributed by atoms with Crippen molar-refractivity contribution in [1.29, 1.82) is 0 Å². The van der Waals surface area contributed by atoms with E-state index in [0.29, 0.717) is 11.5 Å². The molecule has 124 valence electrons. The molecule has 1 unspecified atom stereocenters. The summed E-state index contributed by atoms with van der Waals surface area (Å²) in [6.07, 6.45) is 4.59. The van der Waals surface area contributed by atoms with E-state index in [-0.39, 0.29) is 5.91 Å². The third-order valence-electron chi connectivity index (χ3n) is 4.63. The average Bonchev–Trinajstić information content (AvgIpc) is 3.22. The van der Waals surface area contributed by atoms with Crippen LogP contribution in [0.15, 0.2) is 12.4 Å². The highest BCUT2D eigenvalue weighted by Gasteiger charge is 2.29. The first-order valence-corrected chi connectivity index (χ1v) is 7.92. The highest BCUT2D eigenvalue weighted by Crippen LogP contribution is 2.29. The molecule has 1 fully saturated rings. The molecule has 1 N–H and O–H groups in total. The van der Waals surface area contributed by atoms with Crippen molar-refractivity contribution >= 4 is 5.91 Å². The van der Waals surface area contributed by atoms with E-state index in [9.17, 15) is 4.79 Å². The Morgan fingerprint density at radius 1 is 1.43 bits per heavy atom. The van der Waals surface area contributed by atoms with Gasteiger partial charge >= 0.3 is 0 Å². The summed E-state index contributed by atoms with van der Waals surface area (Å²) in [4.78, 5) is 16.3. The highest BCUT2D eigenvalue weighted by atomic mass is 16.2. The van der Waals surface area contributed by atoms with Crippen LogP contribution in [0.4, 0.5) is 0 Å². The monoisotopic (exact) mass is 316 g/mol. The Labute approximate surface area is 136 Å². The minimum Gasteiger partial charge on any atom is -0.345 e. The number of aromatic nitrogens is 4. The summed E-state index contributed by atoms with van der Waals surface area (Å²) in [5.74, 6) is 0.333. The number of aryl methyl sites for hydroxylation is 2. The number of rotatable bonds is 4. The van der Waals surface area contributed by atoms with Gasteiger partial charge in [-0.3, -0.25) is 19.5 Å². The summed E-state index contributed by atoms with van der Waals surface area (Å²) in [5, 5.41) is 11.4. The molecule has 1 amide bonds. The number of hydrogen-bond acceptors (Lipinski definition) is 4. The van der Waals surface area contributed by atoms with Gasteiger partial charge in [-0.2, -0.15) is 10.2 Å². The van der Waals surface area contributed by atoms with E-state index in [1.54, 1.807) is 25.2 Å². The fraction of sp³-hybridized carbons (Fsp3) is 0.562. The van der Waals surface area contributed by atoms with Crippen molar-refractivity contribution < 1.29 is 4.79 Å². The van der Waals surface area contributed by atoms with Gasteiger partial charge in [-0.25, -0.2) is 0 Å². The van der Waals surface area contributed by atoms with Crippen LogP contribution in [0.1, 0.15) is 39.6 Å². The van der Waals surface area contributed by atoms with E-state index in [2.05, 4.69) is 27.1 Å². The van der Waals surface area contributed by atoms with Crippen molar-refractivity contribution in [3.8, 4) is 0 Å². The predicted molar refractivity (Wildman–Crippen MR) is 87.2 cm³/mol. The van der Waals surface area contributed by atoms with Crippen LogP contribution in [0.3, 0.4) is 0 Å². The Morgan fingerprint density at radius 3 is 2.87 bits per heavy atom. The summed E-state index contributed by atoms with van der Waals surface area (Å²) in [7, 11) is 5.52. The van der Waals surface area contributed by atoms with Gasteiger partial charge in [0.05, 0.1) is 29.3 Å². The lowest BCUT2D eigenvalue weighted by molar-refractivity contribution is 0.0826. The van der Waals surface area contributed by atoms with Crippen LogP contribution >= 0.6 is 0 Å². The molecule has 0 spiro atoms. The van der Waals surface area contributed by atoms with Gasteiger partial charge in [-0.15, -0.1) is 0 Å². The Bertz CT molecular complexity index is 682. The van der Waals surface area contributed by atoms with Gasteiger partial charge in [0.1, 0.15) is 0 Å². The lowest BCUT2D eigenvalue weighted by atomic mass is 10.0. The number of likely N-dealkylation sites (tertiary alicyclic amines) is 1. The molecule has 1 aliphatic heterocycles. The Hall–Kier alpha value is -2.15. The van der Waals surface area contributed by atoms with Crippen molar-refractivity contribution in [2.75, 3.05) is 27.2 Å². The molecule has 0 aromatic carbocycles. The van der Waals surface area contributed by atoms with Gasteiger partial charge in [0.25, 0.3) is 5.91 Å². The first-order chi connectivity index (χ1) is 11.0. The van der Waals surface area contributed by atoms with Crippen LogP contribution in [-0.4, -0.2) is 62.9 Å². The second-order valence-electron chi connectivity index (χ2n) is 6.52. The quantitative estimate of drug-likeness (QED) is 0.918. The predicted octanol–water partition coefficient (Wildman–Crippen LogP) is 1.14. The van der Waals surface area contributed by atoms with Gasteiger partial charge in [-0.05, 0) is 25.5 Å². The normalized spacial score (nSPS) is 18.5. The molecule has 0 aliphatic carbocycles. The second-order valence-corrected chi connectivity index (χ2v) is 6.52. The van der Waals surface area contributed by atoms with Crippen molar-refractivity contribution in [1.82, 2.24) is 29.8 Å². The van der Waals surface area contributed by atoms with Crippen molar-refractivity contribution in [2.45, 2.75) is 25.8 Å². The highest BCUT2D eigenvalue weighted by molar-refractivity contribution is 5.94. The van der Waals surface area contributed by atoms with Crippen molar-refractivity contribution in [2.24, 2.45) is 7.05 Å². The molecule has 0 bridgehead atoms. The van der Waals surface area contributed by atoms with E-state index < -0.39 is 0 Å². The van der Waals surface area contributed by atoms with Crippen molar-refractivity contribution in [3.63, 3.8) is 0 Å². The second kappa shape index (κ2) is 6.16. The summed E-state index contributed by atoms with van der Waals surface area (Å²) in [5.41, 5.74) is 4.13. The van der Waals surface area contributed by atoms with Crippen LogP contribution in [0.25, 0.3) is 0 Å². The molecular weight excluding hydrogens is 292 g/mol. The lowest BCUT2D eigenvalue weighted by Gasteiger charge is -2.17. The van der Waals surface area contributed by atoms with E-state index in [1.165, 1.54) is 11.3 Å². The molecule has 23 heavy (non-hydrogen) atoms. The molecule has 7 nitrogen and oxygen atoms in total. The topological polar surface area (TPSA) is 70.0 Å². The van der Waals surface area contributed by atoms with Crippen LogP contribution in [-0.2, 0) is 13.6 Å². The van der Waals surface area contributed by atoms with Gasteiger partial charge in [-0.1, -0.05) is 0 Å². The Morgan fingerprint density at radius 2 is 2.22 bits per heavy atom. The molecule has 1 aliphatic rings. The van der Waals surface area contributed by atoms with Gasteiger partial charge in [0.2, 0.25) is 0 Å². The van der Waals surface area contributed by atoms with Crippen LogP contribution in [0.5, 0.6) is 0 Å². The van der Waals surface area contributed by atoms with Gasteiger partial charge < -0.3 is 4.90 Å². The number of carbonyl (C=O) groups excluding carboxylic acids is 1. The molecule has 7 heteroatoms. The smallest absolute Gasteiger partial charge is 0.256 e. The maximum Gasteiger partial charge on any atom is 0.256 e. The van der Waals surface area contributed by atoms with Crippen molar-refractivity contribution in [3.05, 3.63) is 34.9 Å². The summed E-state index contributed by atoms with van der Waals surface area (Å²) in [6.45, 7) is 4.94.